The highest BCUT2D eigenvalue weighted by atomic mass is 32.2. The highest BCUT2D eigenvalue weighted by Crippen LogP contribution is 2.24. The molecule has 16 heavy (non-hydrogen) atoms. The number of nitrogens with two attached hydrogens (primary N) is 1. The van der Waals surface area contributed by atoms with E-state index in [9.17, 15) is 4.21 Å². The molecule has 1 atom stereocenters. The molecule has 0 aromatic carbocycles. The van der Waals surface area contributed by atoms with E-state index in [4.69, 9.17) is 5.73 Å². The van der Waals surface area contributed by atoms with Gasteiger partial charge in [-0.3, -0.25) is 4.21 Å². The van der Waals surface area contributed by atoms with Gasteiger partial charge in [-0.15, -0.1) is 0 Å². The molecule has 1 fully saturated rings. The van der Waals surface area contributed by atoms with E-state index in [-0.39, 0.29) is 5.41 Å². The highest BCUT2D eigenvalue weighted by Gasteiger charge is 2.21. The van der Waals surface area contributed by atoms with E-state index in [1.807, 2.05) is 0 Å². The number of rotatable bonds is 6. The predicted molar refractivity (Wildman–Crippen MR) is 72.0 cm³/mol. The first-order chi connectivity index (χ1) is 7.55. The lowest BCUT2D eigenvalue weighted by Gasteiger charge is -2.24. The van der Waals surface area contributed by atoms with Crippen LogP contribution in [0.1, 0.15) is 58.8 Å². The number of hydrogen-bond donors (Lipinski definition) is 1. The Hall–Kier alpha value is 0.110. The van der Waals surface area contributed by atoms with Gasteiger partial charge in [-0.1, -0.05) is 33.1 Å². The topological polar surface area (TPSA) is 43.1 Å². The summed E-state index contributed by atoms with van der Waals surface area (Å²) < 4.78 is 12.1. The molecule has 96 valence electrons. The third kappa shape index (κ3) is 4.96. The van der Waals surface area contributed by atoms with Gasteiger partial charge in [0.05, 0.1) is 0 Å². The summed E-state index contributed by atoms with van der Waals surface area (Å²) in [7, 11) is -0.584. The van der Waals surface area contributed by atoms with Gasteiger partial charge in [0, 0.05) is 21.8 Å². The van der Waals surface area contributed by atoms with Gasteiger partial charge in [0.1, 0.15) is 0 Å². The van der Waals surface area contributed by atoms with E-state index in [1.165, 1.54) is 32.1 Å². The zero-order valence-electron chi connectivity index (χ0n) is 10.8. The Morgan fingerprint density at radius 1 is 1.25 bits per heavy atom. The van der Waals surface area contributed by atoms with Crippen molar-refractivity contribution >= 4 is 10.8 Å². The second-order valence-corrected chi connectivity index (χ2v) is 7.65. The van der Waals surface area contributed by atoms with Gasteiger partial charge in [-0.2, -0.15) is 0 Å². The molecular formula is C13H27NOS. The van der Waals surface area contributed by atoms with Crippen molar-refractivity contribution in [3.63, 3.8) is 0 Å². The summed E-state index contributed by atoms with van der Waals surface area (Å²) in [4.78, 5) is 0. The van der Waals surface area contributed by atoms with Crippen LogP contribution in [-0.4, -0.2) is 21.8 Å². The standard InChI is InChI=1S/C13H27NOS/c1-13(2,11-14)9-6-10-16(15)12-7-4-3-5-8-12/h12H,3-11,14H2,1-2H3. The van der Waals surface area contributed by atoms with Gasteiger partial charge in [-0.05, 0) is 37.6 Å². The van der Waals surface area contributed by atoms with Crippen LogP contribution in [-0.2, 0) is 10.8 Å². The van der Waals surface area contributed by atoms with Crippen LogP contribution in [0.5, 0.6) is 0 Å². The summed E-state index contributed by atoms with van der Waals surface area (Å²) in [6.45, 7) is 5.11. The quantitative estimate of drug-likeness (QED) is 0.782. The summed E-state index contributed by atoms with van der Waals surface area (Å²) >= 11 is 0. The third-order valence-corrected chi connectivity index (χ3v) is 5.58. The molecule has 1 unspecified atom stereocenters. The average Bonchev–Trinajstić information content (AvgIpc) is 2.30. The fourth-order valence-electron chi connectivity index (χ4n) is 2.29. The first-order valence-electron chi connectivity index (χ1n) is 6.62. The molecule has 0 amide bonds. The van der Waals surface area contributed by atoms with Crippen molar-refractivity contribution in [1.82, 2.24) is 0 Å². The summed E-state index contributed by atoms with van der Waals surface area (Å²) in [5.74, 6) is 0.883. The summed E-state index contributed by atoms with van der Waals surface area (Å²) in [5, 5.41) is 0.495. The van der Waals surface area contributed by atoms with Crippen molar-refractivity contribution in [2.75, 3.05) is 12.3 Å². The maximum Gasteiger partial charge on any atom is 0.0348 e. The van der Waals surface area contributed by atoms with Crippen molar-refractivity contribution in [1.29, 1.82) is 0 Å². The van der Waals surface area contributed by atoms with Crippen molar-refractivity contribution in [3.05, 3.63) is 0 Å². The first kappa shape index (κ1) is 14.2. The molecule has 3 heteroatoms. The maximum absolute atomic E-state index is 12.1. The second kappa shape index (κ2) is 6.75. The van der Waals surface area contributed by atoms with Gasteiger partial charge in [0.15, 0.2) is 0 Å². The molecule has 1 aliphatic rings. The lowest BCUT2D eigenvalue weighted by atomic mass is 9.88. The van der Waals surface area contributed by atoms with E-state index < -0.39 is 10.8 Å². The van der Waals surface area contributed by atoms with E-state index in [0.717, 1.165) is 25.1 Å². The molecular weight excluding hydrogens is 218 g/mol. The fourth-order valence-corrected chi connectivity index (χ4v) is 3.91. The Labute approximate surface area is 103 Å². The normalized spacial score (nSPS) is 20.9. The molecule has 0 bridgehead atoms. The molecule has 0 aliphatic heterocycles. The molecule has 0 aromatic heterocycles. The van der Waals surface area contributed by atoms with Crippen LogP contribution in [0.15, 0.2) is 0 Å². The zero-order chi connectivity index (χ0) is 12.0. The van der Waals surface area contributed by atoms with Gasteiger partial charge in [-0.25, -0.2) is 0 Å². The van der Waals surface area contributed by atoms with Gasteiger partial charge in [0.2, 0.25) is 0 Å². The Balaban J connectivity index is 2.19. The van der Waals surface area contributed by atoms with Crippen LogP contribution >= 0.6 is 0 Å². The van der Waals surface area contributed by atoms with Crippen LogP contribution in [0.2, 0.25) is 0 Å². The first-order valence-corrected chi connectivity index (χ1v) is 8.00. The lowest BCUT2D eigenvalue weighted by Crippen LogP contribution is -2.25. The van der Waals surface area contributed by atoms with Crippen LogP contribution in [0.25, 0.3) is 0 Å². The van der Waals surface area contributed by atoms with Crippen molar-refractivity contribution in [2.24, 2.45) is 11.1 Å². The van der Waals surface area contributed by atoms with Crippen LogP contribution in [0.3, 0.4) is 0 Å². The Morgan fingerprint density at radius 3 is 2.44 bits per heavy atom. The SMILES string of the molecule is CC(C)(CN)CCCS(=O)C1CCCCC1. The molecule has 0 radical (unpaired) electrons. The molecule has 0 heterocycles. The summed E-state index contributed by atoms with van der Waals surface area (Å²) in [6.07, 6.45) is 8.44. The lowest BCUT2D eigenvalue weighted by molar-refractivity contribution is 0.344. The smallest absolute Gasteiger partial charge is 0.0348 e. The summed E-state index contributed by atoms with van der Waals surface area (Å²) in [6, 6.07) is 0. The molecule has 0 aromatic rings. The van der Waals surface area contributed by atoms with E-state index in [0.29, 0.717) is 5.25 Å². The minimum atomic E-state index is -0.584. The Morgan fingerprint density at radius 2 is 1.88 bits per heavy atom. The molecule has 1 rings (SSSR count). The zero-order valence-corrected chi connectivity index (χ0v) is 11.7. The predicted octanol–water partition coefficient (Wildman–Crippen LogP) is 2.83. The average molecular weight is 245 g/mol. The fraction of sp³-hybridized carbons (Fsp3) is 1.00. The van der Waals surface area contributed by atoms with Gasteiger partial charge in [0.25, 0.3) is 0 Å². The monoisotopic (exact) mass is 245 g/mol. The molecule has 0 spiro atoms. The van der Waals surface area contributed by atoms with E-state index in [2.05, 4.69) is 13.8 Å². The Kier molecular flexibility index (Phi) is 5.98. The van der Waals surface area contributed by atoms with Crippen molar-refractivity contribution in [2.45, 2.75) is 64.0 Å². The molecule has 1 saturated carbocycles. The highest BCUT2D eigenvalue weighted by molar-refractivity contribution is 7.85. The van der Waals surface area contributed by atoms with Gasteiger partial charge >= 0.3 is 0 Å². The van der Waals surface area contributed by atoms with Crippen LogP contribution in [0, 0.1) is 5.41 Å². The minimum absolute atomic E-state index is 0.219. The van der Waals surface area contributed by atoms with Crippen molar-refractivity contribution in [3.8, 4) is 0 Å². The number of hydrogen-bond acceptors (Lipinski definition) is 2. The Bertz CT molecular complexity index is 222. The van der Waals surface area contributed by atoms with E-state index >= 15 is 0 Å². The van der Waals surface area contributed by atoms with Crippen molar-refractivity contribution < 1.29 is 4.21 Å². The molecule has 2 nitrogen and oxygen atoms in total. The van der Waals surface area contributed by atoms with Crippen LogP contribution < -0.4 is 5.73 Å². The summed E-state index contributed by atoms with van der Waals surface area (Å²) in [5.41, 5.74) is 5.91. The van der Waals surface area contributed by atoms with Crippen LogP contribution in [0.4, 0.5) is 0 Å². The van der Waals surface area contributed by atoms with Gasteiger partial charge < -0.3 is 5.73 Å². The maximum atomic E-state index is 12.1. The van der Waals surface area contributed by atoms with E-state index in [1.54, 1.807) is 0 Å². The largest absolute Gasteiger partial charge is 0.330 e. The second-order valence-electron chi connectivity index (χ2n) is 5.82. The molecule has 1 aliphatic carbocycles. The molecule has 2 N–H and O–H groups in total. The molecule has 0 saturated heterocycles. The minimum Gasteiger partial charge on any atom is -0.330 e. The third-order valence-electron chi connectivity index (χ3n) is 3.68.